The Morgan fingerprint density at radius 3 is 2.04 bits per heavy atom. The first-order valence-corrected chi connectivity index (χ1v) is 8.13. The minimum atomic E-state index is -1.22. The fourth-order valence-electron chi connectivity index (χ4n) is 1.96. The molecule has 0 aliphatic rings. The van der Waals surface area contributed by atoms with Crippen molar-refractivity contribution in [3.05, 3.63) is 0 Å². The second-order valence-corrected chi connectivity index (χ2v) is 5.99. The molecule has 148 valence electrons. The van der Waals surface area contributed by atoms with Crippen LogP contribution >= 0.6 is 0 Å². The van der Waals surface area contributed by atoms with E-state index in [-0.39, 0.29) is 12.3 Å². The molecule has 4 unspecified atom stereocenters. The number of carbonyl (C=O) groups is 5. The van der Waals surface area contributed by atoms with E-state index < -0.39 is 54.3 Å². The molecular weight excluding hydrogens is 346 g/mol. The van der Waals surface area contributed by atoms with Crippen LogP contribution in [0.15, 0.2) is 0 Å². The van der Waals surface area contributed by atoms with Crippen LogP contribution in [0.3, 0.4) is 0 Å². The van der Waals surface area contributed by atoms with Crippen LogP contribution in [-0.2, 0) is 24.0 Å². The molecule has 0 spiro atoms. The summed E-state index contributed by atoms with van der Waals surface area (Å²) in [6.07, 6.45) is 0.178. The van der Waals surface area contributed by atoms with Gasteiger partial charge in [0, 0.05) is 0 Å². The normalized spacial score (nSPS) is 15.1. The van der Waals surface area contributed by atoms with Crippen molar-refractivity contribution in [2.24, 2.45) is 17.4 Å². The van der Waals surface area contributed by atoms with Crippen molar-refractivity contribution in [3.8, 4) is 0 Å². The summed E-state index contributed by atoms with van der Waals surface area (Å²) in [5.41, 5.74) is 10.6. The highest BCUT2D eigenvalue weighted by atomic mass is 16.4. The van der Waals surface area contributed by atoms with Crippen molar-refractivity contribution in [3.63, 3.8) is 0 Å². The highest BCUT2D eigenvalue weighted by Crippen LogP contribution is 2.09. The van der Waals surface area contributed by atoms with Crippen LogP contribution in [-0.4, -0.2) is 59.4 Å². The van der Waals surface area contributed by atoms with Gasteiger partial charge in [0.1, 0.15) is 18.6 Å². The van der Waals surface area contributed by atoms with Crippen LogP contribution in [0.4, 0.5) is 0 Å². The number of amides is 4. The first-order chi connectivity index (χ1) is 12.0. The molecule has 0 saturated carbocycles. The number of carboxylic acid groups (broad SMARTS) is 1. The van der Waals surface area contributed by atoms with Crippen molar-refractivity contribution in [1.82, 2.24) is 16.0 Å². The van der Waals surface area contributed by atoms with Crippen LogP contribution in [0.5, 0.6) is 0 Å². The zero-order chi connectivity index (χ0) is 20.4. The molecule has 0 heterocycles. The van der Waals surface area contributed by atoms with Gasteiger partial charge in [0.15, 0.2) is 0 Å². The predicted octanol–water partition coefficient (Wildman–Crippen LogP) is -2.57. The molecule has 0 aromatic carbocycles. The van der Waals surface area contributed by atoms with E-state index >= 15 is 0 Å². The summed E-state index contributed by atoms with van der Waals surface area (Å²) in [5.74, 6) is -4.27. The van der Waals surface area contributed by atoms with E-state index in [2.05, 4.69) is 16.0 Å². The summed E-state index contributed by atoms with van der Waals surface area (Å²) < 4.78 is 0. The van der Waals surface area contributed by atoms with Crippen molar-refractivity contribution in [1.29, 1.82) is 0 Å². The number of aliphatic carboxylic acids is 1. The second kappa shape index (κ2) is 11.0. The third kappa shape index (κ3) is 8.42. The number of hydrogen-bond donors (Lipinski definition) is 6. The number of nitrogens with two attached hydrogens (primary N) is 2. The highest BCUT2D eigenvalue weighted by molar-refractivity contribution is 5.94. The molecule has 0 fully saturated rings. The summed E-state index contributed by atoms with van der Waals surface area (Å²) in [7, 11) is 0. The van der Waals surface area contributed by atoms with Crippen LogP contribution in [0, 0.1) is 5.92 Å². The molecule has 0 aliphatic heterocycles. The van der Waals surface area contributed by atoms with E-state index in [1.807, 2.05) is 6.92 Å². The summed E-state index contributed by atoms with van der Waals surface area (Å²) in [4.78, 5) is 57.5. The second-order valence-electron chi connectivity index (χ2n) is 5.99. The number of rotatable bonds is 11. The highest BCUT2D eigenvalue weighted by Gasteiger charge is 2.30. The third-order valence-corrected chi connectivity index (χ3v) is 3.72. The van der Waals surface area contributed by atoms with E-state index in [9.17, 15) is 24.0 Å². The standard InChI is InChI=1S/C15H27N5O6/c1-4-7(2)12(20-14(25)9(16)5-10(17)21)15(26)19-8(3)13(24)18-6-11(22)23/h7-9,12H,4-6,16H2,1-3H3,(H2,17,21)(H,18,24)(H,19,26)(H,20,25)(H,22,23). The molecular formula is C15H27N5O6. The predicted molar refractivity (Wildman–Crippen MR) is 91.4 cm³/mol. The Bertz CT molecular complexity index is 553. The SMILES string of the molecule is CCC(C)C(NC(=O)C(N)CC(N)=O)C(=O)NC(C)C(=O)NCC(=O)O. The van der Waals surface area contributed by atoms with Crippen molar-refractivity contribution in [2.75, 3.05) is 6.54 Å². The third-order valence-electron chi connectivity index (χ3n) is 3.72. The fourth-order valence-corrected chi connectivity index (χ4v) is 1.96. The zero-order valence-corrected chi connectivity index (χ0v) is 15.1. The van der Waals surface area contributed by atoms with Gasteiger partial charge in [-0.3, -0.25) is 24.0 Å². The van der Waals surface area contributed by atoms with Gasteiger partial charge in [-0.15, -0.1) is 0 Å². The maximum atomic E-state index is 12.4. The zero-order valence-electron chi connectivity index (χ0n) is 15.1. The van der Waals surface area contributed by atoms with Gasteiger partial charge in [-0.2, -0.15) is 0 Å². The molecule has 0 aromatic heterocycles. The lowest BCUT2D eigenvalue weighted by molar-refractivity contribution is -0.138. The monoisotopic (exact) mass is 373 g/mol. The Morgan fingerprint density at radius 2 is 1.58 bits per heavy atom. The average Bonchev–Trinajstić information content (AvgIpc) is 2.55. The van der Waals surface area contributed by atoms with Crippen LogP contribution in [0.1, 0.15) is 33.6 Å². The lowest BCUT2D eigenvalue weighted by Crippen LogP contribution is -2.57. The first kappa shape index (κ1) is 23.3. The van der Waals surface area contributed by atoms with Crippen LogP contribution < -0.4 is 27.4 Å². The Hall–Kier alpha value is -2.69. The molecule has 0 radical (unpaired) electrons. The number of nitrogens with one attached hydrogen (secondary N) is 3. The Balaban J connectivity index is 4.93. The lowest BCUT2D eigenvalue weighted by Gasteiger charge is -2.26. The minimum absolute atomic E-state index is 0.283. The molecule has 0 rings (SSSR count). The lowest BCUT2D eigenvalue weighted by atomic mass is 9.97. The molecule has 0 saturated heterocycles. The Morgan fingerprint density at radius 1 is 1.00 bits per heavy atom. The minimum Gasteiger partial charge on any atom is -0.480 e. The topological polar surface area (TPSA) is 194 Å². The van der Waals surface area contributed by atoms with E-state index in [1.165, 1.54) is 6.92 Å². The quantitative estimate of drug-likeness (QED) is 0.229. The molecule has 4 atom stereocenters. The number of hydrogen-bond acceptors (Lipinski definition) is 6. The van der Waals surface area contributed by atoms with Crippen LogP contribution in [0.2, 0.25) is 0 Å². The van der Waals surface area contributed by atoms with E-state index in [1.54, 1.807) is 6.92 Å². The van der Waals surface area contributed by atoms with Gasteiger partial charge in [-0.25, -0.2) is 0 Å². The maximum Gasteiger partial charge on any atom is 0.322 e. The number of primary amides is 1. The molecule has 11 heteroatoms. The number of carbonyl (C=O) groups excluding carboxylic acids is 4. The molecule has 4 amide bonds. The van der Waals surface area contributed by atoms with Gasteiger partial charge >= 0.3 is 5.97 Å². The van der Waals surface area contributed by atoms with Gasteiger partial charge in [-0.1, -0.05) is 20.3 Å². The van der Waals surface area contributed by atoms with Crippen molar-refractivity contribution < 1.29 is 29.1 Å². The van der Waals surface area contributed by atoms with E-state index in [0.29, 0.717) is 6.42 Å². The Kier molecular flexibility index (Phi) is 9.89. The smallest absolute Gasteiger partial charge is 0.322 e. The summed E-state index contributed by atoms with van der Waals surface area (Å²) >= 11 is 0. The molecule has 11 nitrogen and oxygen atoms in total. The number of carboxylic acids is 1. The molecule has 8 N–H and O–H groups in total. The average molecular weight is 373 g/mol. The molecule has 0 aromatic rings. The molecule has 0 bridgehead atoms. The van der Waals surface area contributed by atoms with E-state index in [0.717, 1.165) is 0 Å². The largest absolute Gasteiger partial charge is 0.480 e. The van der Waals surface area contributed by atoms with Gasteiger partial charge in [0.25, 0.3) is 0 Å². The van der Waals surface area contributed by atoms with Crippen LogP contribution in [0.25, 0.3) is 0 Å². The van der Waals surface area contributed by atoms with Gasteiger partial charge in [0.2, 0.25) is 23.6 Å². The fraction of sp³-hybridized carbons (Fsp3) is 0.667. The summed E-state index contributed by atoms with van der Waals surface area (Å²) in [6, 6.07) is -3.19. The van der Waals surface area contributed by atoms with Crippen molar-refractivity contribution in [2.45, 2.75) is 51.7 Å². The first-order valence-electron chi connectivity index (χ1n) is 8.13. The summed E-state index contributed by atoms with van der Waals surface area (Å²) in [6.45, 7) is 4.33. The molecule has 26 heavy (non-hydrogen) atoms. The van der Waals surface area contributed by atoms with Gasteiger partial charge in [-0.05, 0) is 12.8 Å². The molecule has 0 aliphatic carbocycles. The summed E-state index contributed by atoms with van der Waals surface area (Å²) in [5, 5.41) is 15.5. The Labute approximate surface area is 151 Å². The van der Waals surface area contributed by atoms with Gasteiger partial charge in [0.05, 0.1) is 12.5 Å². The van der Waals surface area contributed by atoms with E-state index in [4.69, 9.17) is 16.6 Å². The van der Waals surface area contributed by atoms with Crippen molar-refractivity contribution >= 4 is 29.6 Å². The maximum absolute atomic E-state index is 12.4. The van der Waals surface area contributed by atoms with Gasteiger partial charge < -0.3 is 32.5 Å².